The highest BCUT2D eigenvalue weighted by molar-refractivity contribution is 5.91. The van der Waals surface area contributed by atoms with Gasteiger partial charge in [0.25, 0.3) is 0 Å². The zero-order valence-corrected chi connectivity index (χ0v) is 6.45. The molecule has 0 saturated carbocycles. The van der Waals surface area contributed by atoms with Gasteiger partial charge < -0.3 is 15.4 Å². The lowest BCUT2D eigenvalue weighted by Crippen LogP contribution is -2.08. The minimum atomic E-state index is -0.992. The number of carboxylic acids is 1. The molecule has 0 spiro atoms. The highest BCUT2D eigenvalue weighted by atomic mass is 16.4. The van der Waals surface area contributed by atoms with Gasteiger partial charge in [-0.25, -0.2) is 9.78 Å². The molecule has 3 N–H and O–H groups in total. The Labute approximate surface area is 68.8 Å². The summed E-state index contributed by atoms with van der Waals surface area (Å²) in [7, 11) is 0. The fraction of sp³-hybridized carbons (Fsp3) is 0.429. The summed E-state index contributed by atoms with van der Waals surface area (Å²) < 4.78 is 1.68. The molecule has 64 valence electrons. The Morgan fingerprint density at radius 2 is 2.42 bits per heavy atom. The molecule has 0 amide bonds. The summed E-state index contributed by atoms with van der Waals surface area (Å²) in [6.07, 6.45) is 1.79. The summed E-state index contributed by atoms with van der Waals surface area (Å²) in [4.78, 5) is 14.7. The molecular weight excluding hydrogens is 158 g/mol. The monoisotopic (exact) mass is 167 g/mol. The lowest BCUT2D eigenvalue weighted by molar-refractivity contribution is 0.0686. The van der Waals surface area contributed by atoms with Crippen LogP contribution in [0.15, 0.2) is 0 Å². The number of nitrogen functional groups attached to an aromatic ring is 1. The highest BCUT2D eigenvalue weighted by Gasteiger charge is 2.23. The zero-order valence-electron chi connectivity index (χ0n) is 6.45. The molecule has 0 aromatic carbocycles. The molecular formula is C7H9N3O2. The molecule has 1 aromatic rings. The van der Waals surface area contributed by atoms with Crippen LogP contribution in [0.5, 0.6) is 0 Å². The van der Waals surface area contributed by atoms with Crippen LogP contribution in [0.3, 0.4) is 0 Å². The fourth-order valence-corrected chi connectivity index (χ4v) is 1.57. The van der Waals surface area contributed by atoms with E-state index in [2.05, 4.69) is 4.98 Å². The molecule has 1 aliphatic rings. The van der Waals surface area contributed by atoms with Crippen LogP contribution in [0.1, 0.15) is 22.7 Å². The molecule has 0 unspecified atom stereocenters. The van der Waals surface area contributed by atoms with E-state index in [-0.39, 0.29) is 11.5 Å². The Bertz CT molecular complexity index is 343. The van der Waals surface area contributed by atoms with Crippen molar-refractivity contribution in [1.82, 2.24) is 9.55 Å². The molecule has 0 bridgehead atoms. The second kappa shape index (κ2) is 2.23. The van der Waals surface area contributed by atoms with Crippen molar-refractivity contribution in [3.63, 3.8) is 0 Å². The number of rotatable bonds is 1. The third kappa shape index (κ3) is 0.792. The van der Waals surface area contributed by atoms with Gasteiger partial charge in [-0.1, -0.05) is 0 Å². The van der Waals surface area contributed by atoms with Crippen molar-refractivity contribution in [2.75, 3.05) is 5.73 Å². The SMILES string of the molecule is Nc1nc2n(c1C(=O)O)CCC2. The van der Waals surface area contributed by atoms with E-state index >= 15 is 0 Å². The number of nitrogens with two attached hydrogens (primary N) is 1. The number of nitrogens with zero attached hydrogens (tertiary/aromatic N) is 2. The van der Waals surface area contributed by atoms with Gasteiger partial charge in [-0.05, 0) is 6.42 Å². The number of carbonyl (C=O) groups is 1. The normalized spacial score (nSPS) is 14.7. The topological polar surface area (TPSA) is 81.1 Å². The van der Waals surface area contributed by atoms with Crippen LogP contribution in [0, 0.1) is 0 Å². The van der Waals surface area contributed by atoms with Crippen LogP contribution in [-0.2, 0) is 13.0 Å². The van der Waals surface area contributed by atoms with Crippen molar-refractivity contribution in [2.45, 2.75) is 19.4 Å². The van der Waals surface area contributed by atoms with E-state index in [1.165, 1.54) is 0 Å². The number of imidazole rings is 1. The molecule has 1 aromatic heterocycles. The average molecular weight is 167 g/mol. The van der Waals surface area contributed by atoms with Crippen LogP contribution in [0.25, 0.3) is 0 Å². The first kappa shape index (κ1) is 7.15. The first-order valence-electron chi connectivity index (χ1n) is 3.78. The maximum atomic E-state index is 10.7. The lowest BCUT2D eigenvalue weighted by Gasteiger charge is -1.98. The van der Waals surface area contributed by atoms with E-state index in [9.17, 15) is 4.79 Å². The van der Waals surface area contributed by atoms with Crippen molar-refractivity contribution in [1.29, 1.82) is 0 Å². The van der Waals surface area contributed by atoms with E-state index in [4.69, 9.17) is 10.8 Å². The Hall–Kier alpha value is -1.52. The van der Waals surface area contributed by atoms with Gasteiger partial charge in [-0.2, -0.15) is 0 Å². The van der Waals surface area contributed by atoms with Crippen LogP contribution in [-0.4, -0.2) is 20.6 Å². The van der Waals surface area contributed by atoms with Gasteiger partial charge in [-0.3, -0.25) is 0 Å². The van der Waals surface area contributed by atoms with Crippen molar-refractivity contribution >= 4 is 11.8 Å². The second-order valence-corrected chi connectivity index (χ2v) is 2.82. The molecule has 12 heavy (non-hydrogen) atoms. The maximum Gasteiger partial charge on any atom is 0.356 e. The van der Waals surface area contributed by atoms with Crippen LogP contribution in [0.2, 0.25) is 0 Å². The number of aromatic carboxylic acids is 1. The smallest absolute Gasteiger partial charge is 0.356 e. The summed E-state index contributed by atoms with van der Waals surface area (Å²) in [5.74, 6) is -0.0600. The standard InChI is InChI=1S/C7H9N3O2/c8-6-5(7(11)12)10-3-1-2-4(10)9-6/h1-3,8H2,(H,11,12). The highest BCUT2D eigenvalue weighted by Crippen LogP contribution is 2.21. The predicted octanol–water partition coefficient (Wildman–Crippen LogP) is 0.110. The van der Waals surface area contributed by atoms with Crippen molar-refractivity contribution in [2.24, 2.45) is 0 Å². The molecule has 5 nitrogen and oxygen atoms in total. The molecule has 0 fully saturated rings. The molecule has 0 atom stereocenters. The molecule has 0 saturated heterocycles. The number of hydrogen-bond donors (Lipinski definition) is 2. The van der Waals surface area contributed by atoms with E-state index in [0.29, 0.717) is 0 Å². The van der Waals surface area contributed by atoms with E-state index in [1.807, 2.05) is 0 Å². The number of aromatic nitrogens is 2. The maximum absolute atomic E-state index is 10.7. The molecule has 0 radical (unpaired) electrons. The predicted molar refractivity (Wildman–Crippen MR) is 41.9 cm³/mol. The van der Waals surface area contributed by atoms with Gasteiger partial charge in [0.2, 0.25) is 0 Å². The molecule has 1 aliphatic heterocycles. The Kier molecular flexibility index (Phi) is 1.33. The molecule has 5 heteroatoms. The van der Waals surface area contributed by atoms with E-state index in [1.54, 1.807) is 4.57 Å². The number of anilines is 1. The number of aryl methyl sites for hydroxylation is 1. The van der Waals surface area contributed by atoms with Gasteiger partial charge in [0.1, 0.15) is 5.82 Å². The van der Waals surface area contributed by atoms with Crippen molar-refractivity contribution < 1.29 is 9.90 Å². The van der Waals surface area contributed by atoms with Crippen molar-refractivity contribution in [3.05, 3.63) is 11.5 Å². The molecule has 0 aliphatic carbocycles. The van der Waals surface area contributed by atoms with E-state index < -0.39 is 5.97 Å². The van der Waals surface area contributed by atoms with Gasteiger partial charge in [0.05, 0.1) is 0 Å². The molecule has 2 heterocycles. The third-order valence-corrected chi connectivity index (χ3v) is 2.06. The van der Waals surface area contributed by atoms with Gasteiger partial charge in [-0.15, -0.1) is 0 Å². The molecule has 2 rings (SSSR count). The summed E-state index contributed by atoms with van der Waals surface area (Å²) >= 11 is 0. The Morgan fingerprint density at radius 3 is 3.08 bits per heavy atom. The zero-order chi connectivity index (χ0) is 8.72. The Balaban J connectivity index is 2.59. The van der Waals surface area contributed by atoms with Crippen molar-refractivity contribution in [3.8, 4) is 0 Å². The fourth-order valence-electron chi connectivity index (χ4n) is 1.57. The largest absolute Gasteiger partial charge is 0.476 e. The Morgan fingerprint density at radius 1 is 1.67 bits per heavy atom. The second-order valence-electron chi connectivity index (χ2n) is 2.82. The number of carboxylic acid groups (broad SMARTS) is 1. The summed E-state index contributed by atoms with van der Waals surface area (Å²) in [5.41, 5.74) is 5.58. The first-order chi connectivity index (χ1) is 5.70. The minimum Gasteiger partial charge on any atom is -0.476 e. The van der Waals surface area contributed by atoms with Gasteiger partial charge >= 0.3 is 5.97 Å². The number of fused-ring (bicyclic) bond motifs is 1. The summed E-state index contributed by atoms with van der Waals surface area (Å²) in [5, 5.41) is 8.78. The van der Waals surface area contributed by atoms with E-state index in [0.717, 1.165) is 25.2 Å². The van der Waals surface area contributed by atoms with Gasteiger partial charge in [0.15, 0.2) is 11.5 Å². The number of hydrogen-bond acceptors (Lipinski definition) is 3. The van der Waals surface area contributed by atoms with Crippen LogP contribution in [0.4, 0.5) is 5.82 Å². The first-order valence-corrected chi connectivity index (χ1v) is 3.78. The quantitative estimate of drug-likeness (QED) is 0.622. The van der Waals surface area contributed by atoms with Crippen LogP contribution >= 0.6 is 0 Å². The summed E-state index contributed by atoms with van der Waals surface area (Å²) in [6.45, 7) is 0.723. The third-order valence-electron chi connectivity index (χ3n) is 2.06. The van der Waals surface area contributed by atoms with Gasteiger partial charge in [0, 0.05) is 13.0 Å². The minimum absolute atomic E-state index is 0.136. The lowest BCUT2D eigenvalue weighted by atomic mass is 10.3. The van der Waals surface area contributed by atoms with Crippen LogP contribution < -0.4 is 5.73 Å². The average Bonchev–Trinajstić information content (AvgIpc) is 2.44. The summed E-state index contributed by atoms with van der Waals surface area (Å²) in [6, 6.07) is 0.